The Kier molecular flexibility index (Phi) is 8.08. The Morgan fingerprint density at radius 3 is 2.41 bits per heavy atom. The molecule has 0 radical (unpaired) electrons. The van der Waals surface area contributed by atoms with Crippen LogP contribution in [0.2, 0.25) is 0 Å². The Hall–Kier alpha value is -2.59. The fraction of sp³-hybridized carbons (Fsp3) is 0.348. The zero-order valence-corrected chi connectivity index (χ0v) is 16.7. The van der Waals surface area contributed by atoms with E-state index in [9.17, 15) is 4.79 Å². The average Bonchev–Trinajstić information content (AvgIpc) is 2.67. The van der Waals surface area contributed by atoms with Gasteiger partial charge in [0.15, 0.2) is 0 Å². The van der Waals surface area contributed by atoms with Gasteiger partial charge in [0.2, 0.25) is 5.91 Å². The molecule has 1 amide bonds. The van der Waals surface area contributed by atoms with Gasteiger partial charge in [-0.05, 0) is 62.7 Å². The molecule has 0 saturated carbocycles. The second kappa shape index (κ2) is 10.5. The standard InChI is InChI=1S/C23H30N2O2/c1-5-27-22-13-10-19(11-14-22)12-15-23(26)24-16-20-8-6-7-9-21(20)17-25(4)18(2)3/h6-15,18H,5,16-17H2,1-4H3,(H,24,26). The minimum Gasteiger partial charge on any atom is -0.494 e. The third-order valence-electron chi connectivity index (χ3n) is 4.49. The Morgan fingerprint density at radius 2 is 1.78 bits per heavy atom. The summed E-state index contributed by atoms with van der Waals surface area (Å²) in [5, 5.41) is 2.97. The number of carbonyl (C=O) groups excluding carboxylic acids is 1. The van der Waals surface area contributed by atoms with Gasteiger partial charge in [-0.25, -0.2) is 0 Å². The fourth-order valence-corrected chi connectivity index (χ4v) is 2.59. The zero-order chi connectivity index (χ0) is 19.6. The molecule has 27 heavy (non-hydrogen) atoms. The summed E-state index contributed by atoms with van der Waals surface area (Å²) in [6.07, 6.45) is 3.38. The van der Waals surface area contributed by atoms with Crippen molar-refractivity contribution in [1.82, 2.24) is 10.2 Å². The fourth-order valence-electron chi connectivity index (χ4n) is 2.59. The number of nitrogens with one attached hydrogen (secondary N) is 1. The Bertz CT molecular complexity index is 751. The lowest BCUT2D eigenvalue weighted by molar-refractivity contribution is -0.116. The second-order valence-electron chi connectivity index (χ2n) is 6.83. The largest absolute Gasteiger partial charge is 0.494 e. The molecule has 2 aromatic carbocycles. The predicted octanol–water partition coefficient (Wildman–Crippen LogP) is 4.26. The van der Waals surface area contributed by atoms with Gasteiger partial charge in [-0.15, -0.1) is 0 Å². The summed E-state index contributed by atoms with van der Waals surface area (Å²) >= 11 is 0. The van der Waals surface area contributed by atoms with Gasteiger partial charge in [-0.3, -0.25) is 9.69 Å². The van der Waals surface area contributed by atoms with Crippen LogP contribution in [0.1, 0.15) is 37.5 Å². The van der Waals surface area contributed by atoms with Crippen LogP contribution < -0.4 is 10.1 Å². The van der Waals surface area contributed by atoms with Crippen molar-refractivity contribution < 1.29 is 9.53 Å². The summed E-state index contributed by atoms with van der Waals surface area (Å²) in [6, 6.07) is 16.4. The molecular formula is C23H30N2O2. The summed E-state index contributed by atoms with van der Waals surface area (Å²) in [7, 11) is 2.11. The summed E-state index contributed by atoms with van der Waals surface area (Å²) in [4.78, 5) is 14.5. The molecule has 0 spiro atoms. The lowest BCUT2D eigenvalue weighted by atomic mass is 10.1. The second-order valence-corrected chi connectivity index (χ2v) is 6.83. The quantitative estimate of drug-likeness (QED) is 0.675. The van der Waals surface area contributed by atoms with Crippen LogP contribution in [0.4, 0.5) is 0 Å². The molecule has 0 saturated heterocycles. The van der Waals surface area contributed by atoms with E-state index in [0.29, 0.717) is 19.2 Å². The van der Waals surface area contributed by atoms with Gasteiger partial charge >= 0.3 is 0 Å². The number of ether oxygens (including phenoxy) is 1. The van der Waals surface area contributed by atoms with Gasteiger partial charge in [-0.2, -0.15) is 0 Å². The van der Waals surface area contributed by atoms with E-state index in [1.165, 1.54) is 5.56 Å². The Labute approximate surface area is 162 Å². The third-order valence-corrected chi connectivity index (χ3v) is 4.49. The van der Waals surface area contributed by atoms with Crippen molar-refractivity contribution >= 4 is 12.0 Å². The molecule has 0 atom stereocenters. The number of hydrogen-bond acceptors (Lipinski definition) is 3. The molecule has 2 aromatic rings. The maximum absolute atomic E-state index is 12.2. The van der Waals surface area contributed by atoms with Gasteiger partial charge in [0, 0.05) is 25.2 Å². The zero-order valence-electron chi connectivity index (χ0n) is 16.7. The minimum atomic E-state index is -0.101. The first-order valence-corrected chi connectivity index (χ1v) is 9.45. The molecular weight excluding hydrogens is 336 g/mol. The minimum absolute atomic E-state index is 0.101. The molecule has 4 nitrogen and oxygen atoms in total. The Morgan fingerprint density at radius 1 is 1.11 bits per heavy atom. The highest BCUT2D eigenvalue weighted by atomic mass is 16.5. The molecule has 1 N–H and O–H groups in total. The van der Waals surface area contributed by atoms with E-state index in [2.05, 4.69) is 43.2 Å². The topological polar surface area (TPSA) is 41.6 Å². The third kappa shape index (κ3) is 6.91. The molecule has 0 aliphatic heterocycles. The number of nitrogens with zero attached hydrogens (tertiary/aromatic N) is 1. The summed E-state index contributed by atoms with van der Waals surface area (Å²) < 4.78 is 5.42. The van der Waals surface area contributed by atoms with Crippen molar-refractivity contribution in [2.45, 2.75) is 39.9 Å². The van der Waals surface area contributed by atoms with Crippen LogP contribution >= 0.6 is 0 Å². The summed E-state index contributed by atoms with van der Waals surface area (Å²) in [5.74, 6) is 0.734. The van der Waals surface area contributed by atoms with E-state index in [4.69, 9.17) is 4.74 Å². The molecule has 4 heteroatoms. The van der Waals surface area contributed by atoms with E-state index < -0.39 is 0 Å². The smallest absolute Gasteiger partial charge is 0.244 e. The van der Waals surface area contributed by atoms with Crippen molar-refractivity contribution in [3.05, 3.63) is 71.3 Å². The predicted molar refractivity (Wildman–Crippen MR) is 112 cm³/mol. The molecule has 0 bridgehead atoms. The molecule has 0 fully saturated rings. The molecule has 0 aromatic heterocycles. The highest BCUT2D eigenvalue weighted by Crippen LogP contribution is 2.14. The highest BCUT2D eigenvalue weighted by Gasteiger charge is 2.08. The molecule has 0 aliphatic carbocycles. The van der Waals surface area contributed by atoms with Crippen LogP contribution in [-0.4, -0.2) is 30.5 Å². The lowest BCUT2D eigenvalue weighted by Gasteiger charge is -2.22. The molecule has 0 aliphatic rings. The normalized spacial score (nSPS) is 11.3. The van der Waals surface area contributed by atoms with E-state index in [1.54, 1.807) is 6.08 Å². The van der Waals surface area contributed by atoms with Crippen molar-refractivity contribution in [2.75, 3.05) is 13.7 Å². The van der Waals surface area contributed by atoms with E-state index >= 15 is 0 Å². The monoisotopic (exact) mass is 366 g/mol. The number of benzene rings is 2. The van der Waals surface area contributed by atoms with Crippen LogP contribution in [0.25, 0.3) is 6.08 Å². The summed E-state index contributed by atoms with van der Waals surface area (Å²) in [5.41, 5.74) is 3.35. The lowest BCUT2D eigenvalue weighted by Crippen LogP contribution is -2.27. The maximum atomic E-state index is 12.2. The van der Waals surface area contributed by atoms with Crippen LogP contribution in [0.15, 0.2) is 54.6 Å². The van der Waals surface area contributed by atoms with Crippen LogP contribution in [0, 0.1) is 0 Å². The van der Waals surface area contributed by atoms with E-state index in [-0.39, 0.29) is 5.91 Å². The van der Waals surface area contributed by atoms with Crippen molar-refractivity contribution in [2.24, 2.45) is 0 Å². The van der Waals surface area contributed by atoms with E-state index in [1.807, 2.05) is 49.4 Å². The number of amides is 1. The Balaban J connectivity index is 1.91. The first kappa shape index (κ1) is 20.7. The van der Waals surface area contributed by atoms with Gasteiger partial charge in [0.25, 0.3) is 0 Å². The van der Waals surface area contributed by atoms with Gasteiger partial charge in [0.05, 0.1) is 6.61 Å². The molecule has 144 valence electrons. The number of hydrogen-bond donors (Lipinski definition) is 1. The molecule has 2 rings (SSSR count). The first-order chi connectivity index (χ1) is 13.0. The average molecular weight is 367 g/mol. The number of carbonyl (C=O) groups is 1. The van der Waals surface area contributed by atoms with Gasteiger partial charge in [-0.1, -0.05) is 36.4 Å². The summed E-state index contributed by atoms with van der Waals surface area (Å²) in [6.45, 7) is 8.34. The van der Waals surface area contributed by atoms with Crippen molar-refractivity contribution in [3.63, 3.8) is 0 Å². The van der Waals surface area contributed by atoms with Crippen LogP contribution in [0.3, 0.4) is 0 Å². The van der Waals surface area contributed by atoms with Crippen molar-refractivity contribution in [3.8, 4) is 5.75 Å². The number of rotatable bonds is 9. The van der Waals surface area contributed by atoms with Crippen LogP contribution in [-0.2, 0) is 17.9 Å². The highest BCUT2D eigenvalue weighted by molar-refractivity contribution is 5.91. The SMILES string of the molecule is CCOc1ccc(C=CC(=O)NCc2ccccc2CN(C)C(C)C)cc1. The first-order valence-electron chi connectivity index (χ1n) is 9.45. The molecule has 0 heterocycles. The van der Waals surface area contributed by atoms with Gasteiger partial charge in [0.1, 0.15) is 5.75 Å². The molecule has 0 unspecified atom stereocenters. The van der Waals surface area contributed by atoms with Crippen LogP contribution in [0.5, 0.6) is 5.75 Å². The maximum Gasteiger partial charge on any atom is 0.244 e. The van der Waals surface area contributed by atoms with E-state index in [0.717, 1.165) is 23.4 Å². The van der Waals surface area contributed by atoms with Gasteiger partial charge < -0.3 is 10.1 Å². The van der Waals surface area contributed by atoms with Crippen molar-refractivity contribution in [1.29, 1.82) is 0 Å².